The van der Waals surface area contributed by atoms with Gasteiger partial charge in [-0.2, -0.15) is 4.31 Å². The van der Waals surface area contributed by atoms with Crippen LogP contribution in [0.5, 0.6) is 0 Å². The Morgan fingerprint density at radius 2 is 1.50 bits per heavy atom. The molecule has 0 aliphatic carbocycles. The first kappa shape index (κ1) is 28.5. The summed E-state index contributed by atoms with van der Waals surface area (Å²) in [6.07, 6.45) is -7.64. The van der Waals surface area contributed by atoms with Gasteiger partial charge in [0.15, 0.2) is 6.29 Å². The van der Waals surface area contributed by atoms with Gasteiger partial charge in [0.25, 0.3) is 0 Å². The van der Waals surface area contributed by atoms with E-state index in [0.717, 1.165) is 0 Å². The average Bonchev–Trinajstić information content (AvgIpc) is 2.49. The summed E-state index contributed by atoms with van der Waals surface area (Å²) in [6.45, 7) is -1.03. The summed E-state index contributed by atoms with van der Waals surface area (Å²) < 4.78 is 47.9. The van der Waals surface area contributed by atoms with Crippen molar-refractivity contribution in [1.82, 2.24) is 0 Å². The summed E-state index contributed by atoms with van der Waals surface area (Å²) in [7, 11) is -16.2. The van der Waals surface area contributed by atoms with Crippen LogP contribution in [0.25, 0.3) is 0 Å². The molecule has 5 N–H and O–H groups in total. The van der Waals surface area contributed by atoms with E-state index < -0.39 is 54.7 Å². The van der Waals surface area contributed by atoms with Gasteiger partial charge in [-0.05, 0) is 0 Å². The van der Waals surface area contributed by atoms with Gasteiger partial charge in [-0.1, -0.05) is 0 Å². The molecular weight excluding hydrogens is 423 g/mol. The zero-order valence-corrected chi connectivity index (χ0v) is 19.0. The van der Waals surface area contributed by atoms with Crippen LogP contribution in [0.2, 0.25) is 0 Å². The molecule has 0 aromatic carbocycles. The fraction of sp³-hybridized carbons (Fsp3) is 1.00. The topological polar surface area (TPSA) is 235 Å². The Labute approximate surface area is 179 Å². The molecular formula is C5H11Na2O14P3. The molecule has 1 aliphatic heterocycles. The predicted octanol–water partition coefficient (Wildman–Crippen LogP) is -9.49. The average molecular weight is 434 g/mol. The normalized spacial score (nSPS) is 30.1. The van der Waals surface area contributed by atoms with Crippen LogP contribution in [0.4, 0.5) is 0 Å². The second kappa shape index (κ2) is 10.7. The maximum Gasteiger partial charge on any atom is 1.00 e. The molecule has 1 fully saturated rings. The van der Waals surface area contributed by atoms with E-state index in [2.05, 4.69) is 18.1 Å². The molecule has 14 nitrogen and oxygen atoms in total. The fourth-order valence-corrected chi connectivity index (χ4v) is 3.38. The Bertz CT molecular complexity index is 531. The first-order valence-electron chi connectivity index (χ1n) is 5.16. The van der Waals surface area contributed by atoms with Crippen LogP contribution in [0.15, 0.2) is 0 Å². The van der Waals surface area contributed by atoms with Crippen molar-refractivity contribution in [2.24, 2.45) is 0 Å². The van der Waals surface area contributed by atoms with Crippen molar-refractivity contribution < 1.29 is 126 Å². The van der Waals surface area contributed by atoms with Gasteiger partial charge in [-0.15, -0.1) is 0 Å². The monoisotopic (exact) mass is 434 g/mol. The summed E-state index contributed by atoms with van der Waals surface area (Å²) in [5.41, 5.74) is 0. The third kappa shape index (κ3) is 10.5. The molecule has 1 rings (SSSR count). The second-order valence-corrected chi connectivity index (χ2v) is 7.85. The van der Waals surface area contributed by atoms with Gasteiger partial charge in [-0.3, -0.25) is 4.52 Å². The van der Waals surface area contributed by atoms with Crippen LogP contribution in [0.3, 0.4) is 0 Å². The van der Waals surface area contributed by atoms with Gasteiger partial charge in [-0.25, -0.2) is 9.13 Å². The van der Waals surface area contributed by atoms with Gasteiger partial charge >= 0.3 is 74.8 Å². The van der Waals surface area contributed by atoms with Crippen LogP contribution < -0.4 is 68.9 Å². The van der Waals surface area contributed by atoms with Crippen molar-refractivity contribution in [2.45, 2.75) is 24.6 Å². The van der Waals surface area contributed by atoms with E-state index in [4.69, 9.17) is 14.7 Å². The zero-order chi connectivity index (χ0) is 17.3. The number of phosphoric ester groups is 2. The molecule has 19 heteroatoms. The minimum absolute atomic E-state index is 0. The van der Waals surface area contributed by atoms with Crippen LogP contribution in [-0.4, -0.2) is 56.1 Å². The molecule has 132 valence electrons. The maximum atomic E-state index is 11.2. The van der Waals surface area contributed by atoms with E-state index >= 15 is 0 Å². The SMILES string of the molecule is O=P([O-])([O-])OC[C@H]1O[C@H](OP(=O)(O)OP(=O)(O)O)[C@H](O)[C@H]1O.[Na+].[Na+]. The van der Waals surface area contributed by atoms with Crippen LogP contribution in [0, 0.1) is 0 Å². The molecule has 0 saturated carbocycles. The van der Waals surface area contributed by atoms with Crippen molar-refractivity contribution in [2.75, 3.05) is 6.61 Å². The molecule has 1 saturated heterocycles. The molecule has 0 bridgehead atoms. The largest absolute Gasteiger partial charge is 1.00 e. The molecule has 0 amide bonds. The van der Waals surface area contributed by atoms with Gasteiger partial charge in [0, 0.05) is 0 Å². The van der Waals surface area contributed by atoms with Gasteiger partial charge in [0.05, 0.1) is 14.4 Å². The van der Waals surface area contributed by atoms with E-state index in [-0.39, 0.29) is 59.1 Å². The summed E-state index contributed by atoms with van der Waals surface area (Å²) >= 11 is 0. The number of aliphatic hydroxyl groups excluding tert-OH is 2. The van der Waals surface area contributed by atoms with Gasteiger partial charge in [0.2, 0.25) is 0 Å². The number of hydrogen-bond acceptors (Lipinski definition) is 11. The molecule has 1 aliphatic rings. The third-order valence-electron chi connectivity index (χ3n) is 2.16. The molecule has 0 radical (unpaired) electrons. The van der Waals surface area contributed by atoms with Crippen molar-refractivity contribution >= 4 is 23.5 Å². The van der Waals surface area contributed by atoms with Crippen molar-refractivity contribution in [3.05, 3.63) is 0 Å². The van der Waals surface area contributed by atoms with E-state index in [0.29, 0.717) is 0 Å². The summed E-state index contributed by atoms with van der Waals surface area (Å²) in [5, 5.41) is 18.9. The molecule has 0 aromatic rings. The van der Waals surface area contributed by atoms with E-state index in [1.807, 2.05) is 0 Å². The minimum Gasteiger partial charge on any atom is -0.790 e. The standard InChI is InChI=1S/C5H13O14P3.2Na/c6-3-2(1-16-20(8,9)10)17-5(4(3)7)18-22(14,15)19-21(11,12)13;;/h2-7H,1H2,(H,14,15)(H2,8,9,10)(H2,11,12,13);;/q;2*+1/p-2/t2-,3+,4-,5-;;/m1../s1. The number of phosphoric acid groups is 3. The molecule has 5 atom stereocenters. The van der Waals surface area contributed by atoms with E-state index in [9.17, 15) is 33.7 Å². The summed E-state index contributed by atoms with van der Waals surface area (Å²) in [4.78, 5) is 46.3. The van der Waals surface area contributed by atoms with Crippen molar-refractivity contribution in [3.63, 3.8) is 0 Å². The summed E-state index contributed by atoms with van der Waals surface area (Å²) in [5.74, 6) is 0. The van der Waals surface area contributed by atoms with E-state index in [1.54, 1.807) is 0 Å². The van der Waals surface area contributed by atoms with Gasteiger partial charge < -0.3 is 48.5 Å². The molecule has 24 heavy (non-hydrogen) atoms. The first-order chi connectivity index (χ1) is 9.70. The van der Waals surface area contributed by atoms with Crippen LogP contribution in [-0.2, 0) is 31.8 Å². The van der Waals surface area contributed by atoms with Crippen LogP contribution >= 0.6 is 23.5 Å². The Hall–Kier alpha value is 2.25. The molecule has 0 aromatic heterocycles. The minimum atomic E-state index is -5.41. The second-order valence-electron chi connectivity index (χ2n) is 3.91. The Morgan fingerprint density at radius 1 is 1.00 bits per heavy atom. The molecule has 1 unspecified atom stereocenters. The first-order valence-corrected chi connectivity index (χ1v) is 9.65. The predicted molar refractivity (Wildman–Crippen MR) is 58.3 cm³/mol. The molecule has 0 spiro atoms. The fourth-order valence-electron chi connectivity index (χ4n) is 1.39. The molecule has 1 heterocycles. The number of aliphatic hydroxyl groups is 2. The maximum absolute atomic E-state index is 11.2. The Kier molecular flexibility index (Phi) is 12.7. The zero-order valence-electron chi connectivity index (χ0n) is 12.3. The Balaban J connectivity index is 0. The number of ether oxygens (including phenoxy) is 1. The number of rotatable bonds is 7. The summed E-state index contributed by atoms with van der Waals surface area (Å²) in [6, 6.07) is 0. The quantitative estimate of drug-likeness (QED) is 0.185. The van der Waals surface area contributed by atoms with Crippen LogP contribution in [0.1, 0.15) is 0 Å². The third-order valence-corrected chi connectivity index (χ3v) is 4.78. The van der Waals surface area contributed by atoms with Crippen molar-refractivity contribution in [3.8, 4) is 0 Å². The Morgan fingerprint density at radius 3 is 1.92 bits per heavy atom. The smallest absolute Gasteiger partial charge is 0.790 e. The van der Waals surface area contributed by atoms with E-state index in [1.165, 1.54) is 0 Å². The van der Waals surface area contributed by atoms with Crippen molar-refractivity contribution in [1.29, 1.82) is 0 Å². The van der Waals surface area contributed by atoms with Gasteiger partial charge in [0.1, 0.15) is 18.3 Å². The number of hydrogen-bond donors (Lipinski definition) is 5.